The average molecular weight is 338 g/mol. The van der Waals surface area contributed by atoms with E-state index in [0.29, 0.717) is 19.4 Å². The highest BCUT2D eigenvalue weighted by atomic mass is 32.2. The fourth-order valence-corrected chi connectivity index (χ4v) is 2.64. The quantitative estimate of drug-likeness (QED) is 0.557. The van der Waals surface area contributed by atoms with E-state index < -0.39 is 6.04 Å². The lowest BCUT2D eigenvalue weighted by atomic mass is 10.1. The zero-order valence-corrected chi connectivity index (χ0v) is 15.3. The Morgan fingerprint density at radius 2 is 1.83 bits per heavy atom. The van der Waals surface area contributed by atoms with Crippen LogP contribution in [0.1, 0.15) is 43.6 Å². The monoisotopic (exact) mass is 338 g/mol. The fraction of sp³-hybridized carbons (Fsp3) is 0.625. The smallest absolute Gasteiger partial charge is 0.242 e. The maximum Gasteiger partial charge on any atom is 0.242 e. The molecule has 128 valence electrons. The van der Waals surface area contributed by atoms with Crippen molar-refractivity contribution in [2.75, 3.05) is 12.8 Å². The van der Waals surface area contributed by atoms with E-state index >= 15 is 0 Å². The van der Waals surface area contributed by atoms with Crippen LogP contribution < -0.4 is 10.6 Å². The van der Waals surface area contributed by atoms with Gasteiger partial charge in [0.1, 0.15) is 6.04 Å². The number of rotatable bonds is 8. The third-order valence-corrected chi connectivity index (χ3v) is 4.05. The average Bonchev–Trinajstić information content (AvgIpc) is 2.51. The molecular formula is C16H26N4O2S. The van der Waals surface area contributed by atoms with Gasteiger partial charge >= 0.3 is 0 Å². The molecule has 0 aliphatic rings. The summed E-state index contributed by atoms with van der Waals surface area (Å²) < 4.78 is 0. The van der Waals surface area contributed by atoms with Gasteiger partial charge in [-0.2, -0.15) is 0 Å². The van der Waals surface area contributed by atoms with Crippen molar-refractivity contribution in [2.24, 2.45) is 0 Å². The Kier molecular flexibility index (Phi) is 8.02. The summed E-state index contributed by atoms with van der Waals surface area (Å²) in [6.07, 6.45) is 3.69. The van der Waals surface area contributed by atoms with Crippen LogP contribution in [0.15, 0.2) is 5.16 Å². The summed E-state index contributed by atoms with van der Waals surface area (Å²) in [5.41, 5.74) is 2.81. The number of carbonyl (C=O) groups excluding carboxylic acids is 2. The minimum absolute atomic E-state index is 0.142. The van der Waals surface area contributed by atoms with Gasteiger partial charge in [0.15, 0.2) is 5.16 Å². The molecule has 1 atom stereocenters. The van der Waals surface area contributed by atoms with Gasteiger partial charge in [-0.1, -0.05) is 18.7 Å². The molecule has 2 N–H and O–H groups in total. The molecule has 6 nitrogen and oxygen atoms in total. The molecule has 1 aromatic rings. The van der Waals surface area contributed by atoms with E-state index in [9.17, 15) is 9.59 Å². The molecule has 0 unspecified atom stereocenters. The van der Waals surface area contributed by atoms with Crippen LogP contribution in [-0.2, 0) is 16.0 Å². The molecule has 0 saturated carbocycles. The highest BCUT2D eigenvalue weighted by molar-refractivity contribution is 7.98. The van der Waals surface area contributed by atoms with E-state index in [1.54, 1.807) is 6.92 Å². The molecule has 1 heterocycles. The summed E-state index contributed by atoms with van der Waals surface area (Å²) in [7, 11) is 0. The highest BCUT2D eigenvalue weighted by Gasteiger charge is 2.16. The number of amides is 2. The van der Waals surface area contributed by atoms with Crippen molar-refractivity contribution in [3.8, 4) is 0 Å². The predicted molar refractivity (Wildman–Crippen MR) is 92.5 cm³/mol. The van der Waals surface area contributed by atoms with Crippen LogP contribution in [0.2, 0.25) is 0 Å². The van der Waals surface area contributed by atoms with E-state index in [-0.39, 0.29) is 11.8 Å². The number of thioether (sulfide) groups is 1. The Morgan fingerprint density at radius 1 is 1.22 bits per heavy atom. The lowest BCUT2D eigenvalue weighted by molar-refractivity contribution is -0.128. The maximum absolute atomic E-state index is 12.0. The molecule has 23 heavy (non-hydrogen) atoms. The highest BCUT2D eigenvalue weighted by Crippen LogP contribution is 2.17. The van der Waals surface area contributed by atoms with Crippen molar-refractivity contribution < 1.29 is 9.59 Å². The first-order valence-corrected chi connectivity index (χ1v) is 9.06. The van der Waals surface area contributed by atoms with Crippen molar-refractivity contribution in [3.63, 3.8) is 0 Å². The van der Waals surface area contributed by atoms with Crippen LogP contribution in [-0.4, -0.2) is 40.6 Å². The van der Waals surface area contributed by atoms with E-state index in [1.807, 2.05) is 27.0 Å². The molecule has 0 aliphatic carbocycles. The van der Waals surface area contributed by atoms with Crippen LogP contribution in [0, 0.1) is 13.8 Å². The summed E-state index contributed by atoms with van der Waals surface area (Å²) in [4.78, 5) is 32.6. The van der Waals surface area contributed by atoms with Gasteiger partial charge in [0, 0.05) is 24.4 Å². The Morgan fingerprint density at radius 3 is 2.35 bits per heavy atom. The van der Waals surface area contributed by atoms with Crippen molar-refractivity contribution >= 4 is 23.6 Å². The van der Waals surface area contributed by atoms with Gasteiger partial charge in [0.05, 0.1) is 0 Å². The van der Waals surface area contributed by atoms with E-state index in [0.717, 1.165) is 28.5 Å². The molecule has 1 rings (SSSR count). The number of carbonyl (C=O) groups is 2. The Labute approximate surface area is 142 Å². The number of hydrogen-bond donors (Lipinski definition) is 2. The molecule has 0 spiro atoms. The van der Waals surface area contributed by atoms with Gasteiger partial charge in [0.2, 0.25) is 11.8 Å². The SMILES string of the molecule is CCCNC(=O)[C@@H](C)NC(=O)CCc1c(C)nc(SC)nc1C. The molecule has 0 aliphatic heterocycles. The number of aryl methyl sites for hydroxylation is 2. The Balaban J connectivity index is 2.55. The molecule has 2 amide bonds. The number of aromatic nitrogens is 2. The summed E-state index contributed by atoms with van der Waals surface area (Å²) >= 11 is 1.50. The van der Waals surface area contributed by atoms with Crippen molar-refractivity contribution in [3.05, 3.63) is 17.0 Å². The zero-order valence-electron chi connectivity index (χ0n) is 14.5. The molecular weight excluding hydrogens is 312 g/mol. The second-order valence-electron chi connectivity index (χ2n) is 5.44. The van der Waals surface area contributed by atoms with Crippen LogP contribution in [0.4, 0.5) is 0 Å². The van der Waals surface area contributed by atoms with Crippen LogP contribution in [0.5, 0.6) is 0 Å². The van der Waals surface area contributed by atoms with Gasteiger partial charge in [-0.25, -0.2) is 9.97 Å². The summed E-state index contributed by atoms with van der Waals surface area (Å²) in [6.45, 7) is 8.16. The van der Waals surface area contributed by atoms with Gasteiger partial charge in [0.25, 0.3) is 0 Å². The molecule has 0 bridgehead atoms. The van der Waals surface area contributed by atoms with E-state index in [2.05, 4.69) is 20.6 Å². The standard InChI is InChI=1S/C16H26N4O2S/c1-6-9-17-15(22)12(4)18-14(21)8-7-13-10(2)19-16(23-5)20-11(13)3/h12H,6-9H2,1-5H3,(H,17,22)(H,18,21)/t12-/m1/s1. The number of nitrogens with zero attached hydrogens (tertiary/aromatic N) is 2. The molecule has 0 radical (unpaired) electrons. The normalized spacial score (nSPS) is 11.9. The zero-order chi connectivity index (χ0) is 17.4. The van der Waals surface area contributed by atoms with Crippen molar-refractivity contribution in [2.45, 2.75) is 58.2 Å². The summed E-state index contributed by atoms with van der Waals surface area (Å²) in [5.74, 6) is -0.294. The molecule has 7 heteroatoms. The van der Waals surface area contributed by atoms with Gasteiger partial charge in [-0.15, -0.1) is 0 Å². The lowest BCUT2D eigenvalue weighted by Gasteiger charge is -2.14. The Bertz CT molecular complexity index is 540. The third-order valence-electron chi connectivity index (χ3n) is 3.50. The molecule has 0 saturated heterocycles. The largest absolute Gasteiger partial charge is 0.354 e. The second kappa shape index (κ2) is 9.50. The van der Waals surface area contributed by atoms with Crippen LogP contribution in [0.3, 0.4) is 0 Å². The van der Waals surface area contributed by atoms with E-state index in [4.69, 9.17) is 0 Å². The first-order valence-electron chi connectivity index (χ1n) is 7.84. The number of hydrogen-bond acceptors (Lipinski definition) is 5. The predicted octanol–water partition coefficient (Wildman–Crippen LogP) is 1.78. The van der Waals surface area contributed by atoms with Crippen LogP contribution in [0.25, 0.3) is 0 Å². The summed E-state index contributed by atoms with van der Waals surface area (Å²) in [6, 6.07) is -0.522. The maximum atomic E-state index is 12.0. The topological polar surface area (TPSA) is 84.0 Å². The van der Waals surface area contributed by atoms with Crippen molar-refractivity contribution in [1.29, 1.82) is 0 Å². The molecule has 0 fully saturated rings. The fourth-order valence-electron chi connectivity index (χ4n) is 2.18. The first kappa shape index (κ1) is 19.4. The lowest BCUT2D eigenvalue weighted by Crippen LogP contribution is -2.45. The van der Waals surface area contributed by atoms with Crippen LogP contribution >= 0.6 is 11.8 Å². The van der Waals surface area contributed by atoms with Crippen molar-refractivity contribution in [1.82, 2.24) is 20.6 Å². The number of nitrogens with one attached hydrogen (secondary N) is 2. The summed E-state index contributed by atoms with van der Waals surface area (Å²) in [5, 5.41) is 6.24. The third kappa shape index (κ3) is 6.17. The minimum atomic E-state index is -0.522. The Hall–Kier alpha value is -1.63. The van der Waals surface area contributed by atoms with Gasteiger partial charge in [-0.05, 0) is 45.4 Å². The molecule has 1 aromatic heterocycles. The van der Waals surface area contributed by atoms with E-state index in [1.165, 1.54) is 11.8 Å². The van der Waals surface area contributed by atoms with Gasteiger partial charge in [-0.3, -0.25) is 9.59 Å². The minimum Gasteiger partial charge on any atom is -0.354 e. The second-order valence-corrected chi connectivity index (χ2v) is 6.21. The van der Waals surface area contributed by atoms with Gasteiger partial charge < -0.3 is 10.6 Å². The first-order chi connectivity index (χ1) is 10.9. The molecule has 0 aromatic carbocycles.